The van der Waals surface area contributed by atoms with Crippen LogP contribution in [-0.2, 0) is 0 Å². The maximum Gasteiger partial charge on any atom is 0.439 e. The predicted molar refractivity (Wildman–Crippen MR) is 78.0 cm³/mol. The summed E-state index contributed by atoms with van der Waals surface area (Å²) in [6, 6.07) is 5.00. The van der Waals surface area contributed by atoms with Gasteiger partial charge in [-0.05, 0) is 12.1 Å². The summed E-state index contributed by atoms with van der Waals surface area (Å²) < 4.78 is 4.44. The number of rotatable bonds is 2. The van der Waals surface area contributed by atoms with E-state index in [1.807, 2.05) is 0 Å². The Morgan fingerprint density at radius 1 is 1.14 bits per heavy atom. The Labute approximate surface area is 127 Å². The molecule has 0 amide bonds. The van der Waals surface area contributed by atoms with Crippen molar-refractivity contribution >= 4 is 28.9 Å². The number of nitrogens with zero attached hydrogens (tertiary/aromatic N) is 3. The molecule has 106 valence electrons. The van der Waals surface area contributed by atoms with Gasteiger partial charge >= 0.3 is 5.76 Å². The van der Waals surface area contributed by atoms with Gasteiger partial charge in [0.15, 0.2) is 0 Å². The van der Waals surface area contributed by atoms with Crippen molar-refractivity contribution in [1.29, 1.82) is 0 Å². The third-order valence-corrected chi connectivity index (χ3v) is 3.48. The van der Waals surface area contributed by atoms with Crippen molar-refractivity contribution in [3.8, 4) is 22.8 Å². The lowest BCUT2D eigenvalue weighted by atomic mass is 10.1. The van der Waals surface area contributed by atoms with E-state index in [-0.39, 0.29) is 17.2 Å². The van der Waals surface area contributed by atoms with Crippen LogP contribution in [-0.4, -0.2) is 20.1 Å². The third kappa shape index (κ3) is 2.48. The van der Waals surface area contributed by atoms with Crippen LogP contribution in [0.1, 0.15) is 0 Å². The topological polar surface area (TPSA) is 111 Å². The molecule has 0 atom stereocenters. The molecule has 0 radical (unpaired) electrons. The fraction of sp³-hybridized carbons (Fsp3) is 0. The fourth-order valence-electron chi connectivity index (χ4n) is 1.79. The van der Waals surface area contributed by atoms with Gasteiger partial charge in [-0.3, -0.25) is 9.51 Å². The lowest BCUT2D eigenvalue weighted by Crippen LogP contribution is -2.02. The smallest absolute Gasteiger partial charge is 0.395 e. The Morgan fingerprint density at radius 3 is 2.57 bits per heavy atom. The number of benzene rings is 1. The van der Waals surface area contributed by atoms with Crippen molar-refractivity contribution < 1.29 is 4.52 Å². The van der Waals surface area contributed by atoms with Crippen LogP contribution in [0.5, 0.6) is 0 Å². The number of aromatic amines is 1. The molecule has 3 aromatic rings. The largest absolute Gasteiger partial charge is 0.439 e. The fourth-order valence-corrected chi connectivity index (χ4v) is 2.09. The van der Waals surface area contributed by atoms with E-state index in [4.69, 9.17) is 28.9 Å². The summed E-state index contributed by atoms with van der Waals surface area (Å²) in [7, 11) is 0. The second-order valence-electron chi connectivity index (χ2n) is 4.06. The van der Waals surface area contributed by atoms with E-state index < -0.39 is 5.76 Å². The van der Waals surface area contributed by atoms with Crippen LogP contribution in [0.15, 0.2) is 33.8 Å². The van der Waals surface area contributed by atoms with Crippen LogP contribution in [0.3, 0.4) is 0 Å². The second kappa shape index (κ2) is 5.19. The molecule has 0 saturated carbocycles. The molecule has 3 rings (SSSR count). The van der Waals surface area contributed by atoms with E-state index in [0.717, 1.165) is 0 Å². The summed E-state index contributed by atoms with van der Waals surface area (Å²) in [6.45, 7) is 0. The van der Waals surface area contributed by atoms with Crippen LogP contribution >= 0.6 is 23.2 Å². The zero-order valence-corrected chi connectivity index (χ0v) is 11.8. The monoisotopic (exact) mass is 323 g/mol. The van der Waals surface area contributed by atoms with E-state index in [2.05, 4.69) is 24.6 Å². The molecule has 0 aliphatic carbocycles. The zero-order valence-electron chi connectivity index (χ0n) is 10.3. The van der Waals surface area contributed by atoms with E-state index >= 15 is 0 Å². The zero-order chi connectivity index (χ0) is 15.0. The lowest BCUT2D eigenvalue weighted by molar-refractivity contribution is 0.388. The average molecular weight is 324 g/mol. The summed E-state index contributed by atoms with van der Waals surface area (Å²) >= 11 is 11.9. The lowest BCUT2D eigenvalue weighted by Gasteiger charge is -2.08. The standard InChI is InChI=1S/C12H7Cl2N5O2/c13-6-2-1-5(3-7(6)14)9-8(15)10(17-4-16-9)11-18-12(20)21-19-11/h1-4H,15H2,(H,18,19,20). The predicted octanol–water partition coefficient (Wildman–Crippen LogP) is 2.38. The first-order valence-corrected chi connectivity index (χ1v) is 6.44. The summed E-state index contributed by atoms with van der Waals surface area (Å²) in [5.74, 6) is -0.569. The number of hydrogen-bond acceptors (Lipinski definition) is 6. The minimum Gasteiger partial charge on any atom is -0.395 e. The number of nitrogens with two attached hydrogens (primary N) is 1. The van der Waals surface area contributed by atoms with Gasteiger partial charge in [0.25, 0.3) is 0 Å². The van der Waals surface area contributed by atoms with Gasteiger partial charge in [-0.2, -0.15) is 0 Å². The molecule has 0 unspecified atom stereocenters. The molecule has 7 nitrogen and oxygen atoms in total. The van der Waals surface area contributed by atoms with Gasteiger partial charge in [0.05, 0.1) is 21.4 Å². The number of nitrogens with one attached hydrogen (secondary N) is 1. The minimum atomic E-state index is -0.695. The van der Waals surface area contributed by atoms with Crippen molar-refractivity contribution in [2.75, 3.05) is 5.73 Å². The third-order valence-electron chi connectivity index (χ3n) is 2.74. The molecule has 21 heavy (non-hydrogen) atoms. The number of anilines is 1. The van der Waals surface area contributed by atoms with Crippen molar-refractivity contribution in [3.63, 3.8) is 0 Å². The number of H-pyrrole nitrogens is 1. The molecule has 9 heteroatoms. The molecule has 0 fully saturated rings. The quantitative estimate of drug-likeness (QED) is 0.749. The molecule has 2 aromatic heterocycles. The Bertz CT molecular complexity index is 874. The highest BCUT2D eigenvalue weighted by atomic mass is 35.5. The Hall–Kier alpha value is -2.38. The van der Waals surface area contributed by atoms with E-state index in [1.165, 1.54) is 6.33 Å². The highest BCUT2D eigenvalue weighted by Gasteiger charge is 2.15. The first-order chi connectivity index (χ1) is 10.1. The number of halogens is 2. The van der Waals surface area contributed by atoms with Crippen LogP contribution < -0.4 is 11.5 Å². The molecule has 0 aliphatic rings. The molecule has 0 bridgehead atoms. The maximum absolute atomic E-state index is 11.0. The second-order valence-corrected chi connectivity index (χ2v) is 4.87. The summed E-state index contributed by atoms with van der Waals surface area (Å²) in [4.78, 5) is 21.5. The van der Waals surface area contributed by atoms with Crippen LogP contribution in [0.4, 0.5) is 5.69 Å². The SMILES string of the molecule is Nc1c(-c2ccc(Cl)c(Cl)c2)ncnc1-c1noc(=O)[nH]1. The molecule has 0 aliphatic heterocycles. The highest BCUT2D eigenvalue weighted by Crippen LogP contribution is 2.32. The van der Waals surface area contributed by atoms with E-state index in [1.54, 1.807) is 18.2 Å². The minimum absolute atomic E-state index is 0.126. The van der Waals surface area contributed by atoms with Crippen LogP contribution in [0.2, 0.25) is 10.0 Å². The van der Waals surface area contributed by atoms with Gasteiger partial charge < -0.3 is 5.73 Å². The van der Waals surface area contributed by atoms with Crippen molar-refractivity contribution in [3.05, 3.63) is 45.1 Å². The van der Waals surface area contributed by atoms with E-state index in [0.29, 0.717) is 21.3 Å². The average Bonchev–Trinajstić information content (AvgIpc) is 2.89. The Kier molecular flexibility index (Phi) is 3.36. The van der Waals surface area contributed by atoms with Crippen LogP contribution in [0.25, 0.3) is 22.8 Å². The van der Waals surface area contributed by atoms with Crippen LogP contribution in [0, 0.1) is 0 Å². The first kappa shape index (κ1) is 13.6. The summed E-state index contributed by atoms with van der Waals surface area (Å²) in [6.07, 6.45) is 1.30. The van der Waals surface area contributed by atoms with Gasteiger partial charge in [0.2, 0.25) is 5.82 Å². The molecular weight excluding hydrogens is 317 g/mol. The first-order valence-electron chi connectivity index (χ1n) is 5.68. The van der Waals surface area contributed by atoms with Crippen molar-refractivity contribution in [2.24, 2.45) is 0 Å². The molecule has 2 heterocycles. The normalized spacial score (nSPS) is 10.8. The van der Waals surface area contributed by atoms with Gasteiger partial charge in [-0.15, -0.1) is 0 Å². The number of nitrogen functional groups attached to an aromatic ring is 1. The van der Waals surface area contributed by atoms with Gasteiger partial charge in [0, 0.05) is 5.56 Å². The molecule has 0 spiro atoms. The maximum atomic E-state index is 11.0. The molecule has 3 N–H and O–H groups in total. The van der Waals surface area contributed by atoms with Crippen molar-refractivity contribution in [2.45, 2.75) is 0 Å². The molecule has 1 aromatic carbocycles. The van der Waals surface area contributed by atoms with Crippen molar-refractivity contribution in [1.82, 2.24) is 20.1 Å². The molecular formula is C12H7Cl2N5O2. The summed E-state index contributed by atoms with van der Waals surface area (Å²) in [5.41, 5.74) is 7.65. The molecule has 0 saturated heterocycles. The van der Waals surface area contributed by atoms with Gasteiger partial charge in [-0.25, -0.2) is 14.8 Å². The Balaban J connectivity index is 2.16. The van der Waals surface area contributed by atoms with Gasteiger partial charge in [0.1, 0.15) is 12.0 Å². The highest BCUT2D eigenvalue weighted by molar-refractivity contribution is 6.42. The van der Waals surface area contributed by atoms with Gasteiger partial charge in [-0.1, -0.05) is 34.4 Å². The summed E-state index contributed by atoms with van der Waals surface area (Å²) in [5, 5.41) is 4.36. The Morgan fingerprint density at radius 2 is 1.90 bits per heavy atom. The van der Waals surface area contributed by atoms with E-state index in [9.17, 15) is 4.79 Å². The number of hydrogen-bond donors (Lipinski definition) is 2. The number of aromatic nitrogens is 4.